The minimum absolute atomic E-state index is 0.263. The van der Waals surface area contributed by atoms with Crippen molar-refractivity contribution in [3.8, 4) is 5.75 Å². The second-order valence-corrected chi connectivity index (χ2v) is 4.98. The molecule has 0 saturated heterocycles. The molecule has 0 amide bonds. The maximum absolute atomic E-state index is 5.72. The Morgan fingerprint density at radius 1 is 0.810 bits per heavy atom. The van der Waals surface area contributed by atoms with Gasteiger partial charge >= 0.3 is 0 Å². The summed E-state index contributed by atoms with van der Waals surface area (Å²) in [6.07, 6.45) is 0.894. The van der Waals surface area contributed by atoms with E-state index in [1.807, 2.05) is 18.2 Å². The Hall–Kier alpha value is -2.32. The summed E-state index contributed by atoms with van der Waals surface area (Å²) in [5, 5.41) is 2.36. The Morgan fingerprint density at radius 3 is 2.33 bits per heavy atom. The molecular weight excluding hydrogens is 260 g/mol. The lowest BCUT2D eigenvalue weighted by molar-refractivity contribution is 0.0522. The van der Waals surface area contributed by atoms with E-state index in [1.54, 1.807) is 7.11 Å². The monoisotopic (exact) mass is 278 g/mol. The molecule has 0 unspecified atom stereocenters. The second kappa shape index (κ2) is 6.42. The van der Waals surface area contributed by atoms with E-state index >= 15 is 0 Å². The molecule has 0 radical (unpaired) electrons. The fourth-order valence-corrected chi connectivity index (χ4v) is 2.59. The van der Waals surface area contributed by atoms with Crippen molar-refractivity contribution in [3.05, 3.63) is 77.9 Å². The smallest absolute Gasteiger partial charge is 0.188 e. The zero-order valence-corrected chi connectivity index (χ0v) is 12.1. The van der Waals surface area contributed by atoms with Crippen molar-refractivity contribution in [2.24, 2.45) is 0 Å². The molecule has 0 atom stereocenters. The Bertz CT molecular complexity index is 715. The van der Waals surface area contributed by atoms with E-state index in [-0.39, 0.29) is 6.79 Å². The molecule has 0 aliphatic rings. The van der Waals surface area contributed by atoms with Gasteiger partial charge in [0.25, 0.3) is 0 Å². The standard InChI is InChI=1S/C19H18O2/c1-20-14-21-18-12-6-10-16-9-5-11-17(19(16)18)13-15-7-3-2-4-8-15/h2-12H,13-14H2,1H3. The zero-order chi connectivity index (χ0) is 14.5. The number of rotatable bonds is 5. The molecule has 0 fully saturated rings. The average molecular weight is 278 g/mol. The third kappa shape index (κ3) is 3.06. The van der Waals surface area contributed by atoms with Crippen molar-refractivity contribution < 1.29 is 9.47 Å². The van der Waals surface area contributed by atoms with E-state index in [2.05, 4.69) is 48.5 Å². The summed E-state index contributed by atoms with van der Waals surface area (Å²) in [6, 6.07) is 23.0. The van der Waals surface area contributed by atoms with Crippen LogP contribution in [-0.4, -0.2) is 13.9 Å². The van der Waals surface area contributed by atoms with Gasteiger partial charge in [0.05, 0.1) is 0 Å². The molecule has 3 aromatic carbocycles. The molecule has 0 heterocycles. The molecule has 2 heteroatoms. The van der Waals surface area contributed by atoms with Gasteiger partial charge in [0.15, 0.2) is 6.79 Å². The van der Waals surface area contributed by atoms with Crippen molar-refractivity contribution in [2.75, 3.05) is 13.9 Å². The molecule has 0 aliphatic heterocycles. The highest BCUT2D eigenvalue weighted by molar-refractivity contribution is 5.91. The summed E-state index contributed by atoms with van der Waals surface area (Å²) < 4.78 is 10.8. The highest BCUT2D eigenvalue weighted by atomic mass is 16.7. The first-order valence-corrected chi connectivity index (χ1v) is 7.05. The third-order valence-electron chi connectivity index (χ3n) is 3.52. The molecule has 0 aromatic heterocycles. The molecule has 3 aromatic rings. The summed E-state index contributed by atoms with van der Waals surface area (Å²) in [6.45, 7) is 0.263. The van der Waals surface area contributed by atoms with Gasteiger partial charge in [-0.1, -0.05) is 60.7 Å². The van der Waals surface area contributed by atoms with Gasteiger partial charge in [-0.2, -0.15) is 0 Å². The Labute approximate surface area is 124 Å². The number of ether oxygens (including phenoxy) is 2. The van der Waals surface area contributed by atoms with Crippen LogP contribution in [0, 0.1) is 0 Å². The summed E-state index contributed by atoms with van der Waals surface area (Å²) in [5.41, 5.74) is 2.57. The van der Waals surface area contributed by atoms with Crippen LogP contribution >= 0.6 is 0 Å². The van der Waals surface area contributed by atoms with Crippen LogP contribution in [0.5, 0.6) is 5.75 Å². The van der Waals surface area contributed by atoms with E-state index in [9.17, 15) is 0 Å². The predicted octanol–water partition coefficient (Wildman–Crippen LogP) is 4.41. The molecular formula is C19H18O2. The van der Waals surface area contributed by atoms with E-state index in [4.69, 9.17) is 9.47 Å². The minimum atomic E-state index is 0.263. The largest absolute Gasteiger partial charge is 0.467 e. The van der Waals surface area contributed by atoms with Gasteiger partial charge in [-0.3, -0.25) is 0 Å². The van der Waals surface area contributed by atoms with Gasteiger partial charge in [-0.15, -0.1) is 0 Å². The molecule has 0 N–H and O–H groups in total. The van der Waals surface area contributed by atoms with Crippen molar-refractivity contribution >= 4 is 10.8 Å². The summed E-state index contributed by atoms with van der Waals surface area (Å²) in [4.78, 5) is 0. The van der Waals surface area contributed by atoms with Crippen molar-refractivity contribution in [1.82, 2.24) is 0 Å². The highest BCUT2D eigenvalue weighted by Gasteiger charge is 2.08. The first-order chi connectivity index (χ1) is 10.4. The fraction of sp³-hybridized carbons (Fsp3) is 0.158. The third-order valence-corrected chi connectivity index (χ3v) is 3.52. The van der Waals surface area contributed by atoms with Crippen LogP contribution in [0.1, 0.15) is 11.1 Å². The molecule has 0 saturated carbocycles. The van der Waals surface area contributed by atoms with Gasteiger partial charge in [-0.05, 0) is 29.0 Å². The lowest BCUT2D eigenvalue weighted by Gasteiger charge is -2.12. The SMILES string of the molecule is COCOc1cccc2cccc(Cc3ccccc3)c12. The number of fused-ring (bicyclic) bond motifs is 1. The van der Waals surface area contributed by atoms with Gasteiger partial charge in [0, 0.05) is 12.5 Å². The minimum Gasteiger partial charge on any atom is -0.467 e. The number of hydrogen-bond acceptors (Lipinski definition) is 2. The molecule has 0 aliphatic carbocycles. The average Bonchev–Trinajstić information content (AvgIpc) is 2.54. The van der Waals surface area contributed by atoms with Crippen molar-refractivity contribution in [1.29, 1.82) is 0 Å². The van der Waals surface area contributed by atoms with Gasteiger partial charge in [0.2, 0.25) is 0 Å². The topological polar surface area (TPSA) is 18.5 Å². The lowest BCUT2D eigenvalue weighted by Crippen LogP contribution is -2.00. The highest BCUT2D eigenvalue weighted by Crippen LogP contribution is 2.30. The zero-order valence-electron chi connectivity index (χ0n) is 12.1. The van der Waals surface area contributed by atoms with Crippen LogP contribution < -0.4 is 4.74 Å². The first-order valence-electron chi connectivity index (χ1n) is 7.05. The predicted molar refractivity (Wildman–Crippen MR) is 85.7 cm³/mol. The van der Waals surface area contributed by atoms with Crippen LogP contribution in [0.2, 0.25) is 0 Å². The quantitative estimate of drug-likeness (QED) is 0.643. The first kappa shape index (κ1) is 13.7. The molecule has 0 spiro atoms. The molecule has 3 rings (SSSR count). The maximum Gasteiger partial charge on any atom is 0.188 e. The number of benzene rings is 3. The molecule has 2 nitrogen and oxygen atoms in total. The Kier molecular flexibility index (Phi) is 4.17. The second-order valence-electron chi connectivity index (χ2n) is 4.98. The number of methoxy groups -OCH3 is 1. The molecule has 0 bridgehead atoms. The van der Waals surface area contributed by atoms with Crippen LogP contribution in [0.15, 0.2) is 66.7 Å². The lowest BCUT2D eigenvalue weighted by atomic mass is 9.98. The normalized spacial score (nSPS) is 10.7. The van der Waals surface area contributed by atoms with Crippen LogP contribution in [0.25, 0.3) is 10.8 Å². The molecule has 106 valence electrons. The maximum atomic E-state index is 5.72. The summed E-state index contributed by atoms with van der Waals surface area (Å²) >= 11 is 0. The molecule has 21 heavy (non-hydrogen) atoms. The summed E-state index contributed by atoms with van der Waals surface area (Å²) in [7, 11) is 1.63. The van der Waals surface area contributed by atoms with Crippen molar-refractivity contribution in [2.45, 2.75) is 6.42 Å². The Balaban J connectivity index is 2.05. The van der Waals surface area contributed by atoms with Gasteiger partial charge < -0.3 is 9.47 Å². The Morgan fingerprint density at radius 2 is 1.57 bits per heavy atom. The van der Waals surface area contributed by atoms with E-state index in [1.165, 1.54) is 21.9 Å². The fourth-order valence-electron chi connectivity index (χ4n) is 2.59. The van der Waals surface area contributed by atoms with E-state index in [0.717, 1.165) is 12.2 Å². The van der Waals surface area contributed by atoms with E-state index in [0.29, 0.717) is 0 Å². The van der Waals surface area contributed by atoms with Gasteiger partial charge in [-0.25, -0.2) is 0 Å². The summed E-state index contributed by atoms with van der Waals surface area (Å²) in [5.74, 6) is 0.876. The number of hydrogen-bond donors (Lipinski definition) is 0. The van der Waals surface area contributed by atoms with Crippen LogP contribution in [0.3, 0.4) is 0 Å². The van der Waals surface area contributed by atoms with Crippen molar-refractivity contribution in [3.63, 3.8) is 0 Å². The van der Waals surface area contributed by atoms with Crippen LogP contribution in [-0.2, 0) is 11.2 Å². The van der Waals surface area contributed by atoms with Crippen LogP contribution in [0.4, 0.5) is 0 Å². The van der Waals surface area contributed by atoms with E-state index < -0.39 is 0 Å². The van der Waals surface area contributed by atoms with Gasteiger partial charge in [0.1, 0.15) is 5.75 Å².